The molecule has 0 aromatic heterocycles. The highest BCUT2D eigenvalue weighted by Crippen LogP contribution is 2.12. The van der Waals surface area contributed by atoms with E-state index in [-0.39, 0.29) is 0 Å². The molecule has 20 heavy (non-hydrogen) atoms. The Kier molecular flexibility index (Phi) is 4.35. The standard InChI is InChI=1S/C16H14N2O2/c17-11-13-8-6-12(7-9-13)10-15(16(19)20)18-14-4-2-1-3-5-14/h1-9,15,18H,10H2,(H,19,20)/t15-/m0/s1. The first kappa shape index (κ1) is 13.6. The summed E-state index contributed by atoms with van der Waals surface area (Å²) in [6.07, 6.45) is 0.357. The number of para-hydroxylation sites is 1. The molecule has 0 fully saturated rings. The number of hydrogen-bond acceptors (Lipinski definition) is 3. The molecule has 0 amide bonds. The largest absolute Gasteiger partial charge is 0.480 e. The van der Waals surface area contributed by atoms with Gasteiger partial charge in [-0.05, 0) is 29.8 Å². The molecule has 2 N–H and O–H groups in total. The minimum atomic E-state index is -0.904. The van der Waals surface area contributed by atoms with Gasteiger partial charge in [-0.3, -0.25) is 0 Å². The van der Waals surface area contributed by atoms with E-state index >= 15 is 0 Å². The van der Waals surface area contributed by atoms with Crippen LogP contribution in [0.2, 0.25) is 0 Å². The molecular weight excluding hydrogens is 252 g/mol. The smallest absolute Gasteiger partial charge is 0.326 e. The number of carbonyl (C=O) groups is 1. The number of nitriles is 1. The van der Waals surface area contributed by atoms with Crippen LogP contribution in [-0.2, 0) is 11.2 Å². The van der Waals surface area contributed by atoms with Crippen LogP contribution in [0.4, 0.5) is 5.69 Å². The molecule has 0 spiro atoms. The summed E-state index contributed by atoms with van der Waals surface area (Å²) in [7, 11) is 0. The molecule has 0 radical (unpaired) electrons. The molecule has 4 heteroatoms. The number of anilines is 1. The van der Waals surface area contributed by atoms with Crippen molar-refractivity contribution in [3.63, 3.8) is 0 Å². The number of aliphatic carboxylic acids is 1. The Bertz CT molecular complexity index is 615. The second-order valence-electron chi connectivity index (χ2n) is 4.41. The predicted molar refractivity (Wildman–Crippen MR) is 76.3 cm³/mol. The zero-order chi connectivity index (χ0) is 14.4. The Hall–Kier alpha value is -2.80. The van der Waals surface area contributed by atoms with E-state index in [9.17, 15) is 9.90 Å². The van der Waals surface area contributed by atoms with Crippen molar-refractivity contribution in [1.82, 2.24) is 0 Å². The van der Waals surface area contributed by atoms with Gasteiger partial charge in [-0.15, -0.1) is 0 Å². The van der Waals surface area contributed by atoms with E-state index in [4.69, 9.17) is 5.26 Å². The van der Waals surface area contributed by atoms with E-state index in [1.165, 1.54) is 0 Å². The minimum absolute atomic E-state index is 0.357. The first-order valence-electron chi connectivity index (χ1n) is 6.22. The third-order valence-electron chi connectivity index (χ3n) is 2.94. The van der Waals surface area contributed by atoms with Gasteiger partial charge in [0, 0.05) is 12.1 Å². The number of nitrogens with one attached hydrogen (secondary N) is 1. The van der Waals surface area contributed by atoms with Gasteiger partial charge in [-0.2, -0.15) is 5.26 Å². The van der Waals surface area contributed by atoms with Crippen molar-refractivity contribution in [2.45, 2.75) is 12.5 Å². The fraction of sp³-hybridized carbons (Fsp3) is 0.125. The molecule has 0 unspecified atom stereocenters. The second-order valence-corrected chi connectivity index (χ2v) is 4.41. The van der Waals surface area contributed by atoms with Gasteiger partial charge in [-0.25, -0.2) is 4.79 Å². The first-order valence-corrected chi connectivity index (χ1v) is 6.22. The lowest BCUT2D eigenvalue weighted by atomic mass is 10.0. The minimum Gasteiger partial charge on any atom is -0.480 e. The van der Waals surface area contributed by atoms with Crippen LogP contribution in [0.1, 0.15) is 11.1 Å². The maximum absolute atomic E-state index is 11.3. The Labute approximate surface area is 117 Å². The Morgan fingerprint density at radius 2 is 1.80 bits per heavy atom. The topological polar surface area (TPSA) is 73.1 Å². The van der Waals surface area contributed by atoms with Gasteiger partial charge in [0.1, 0.15) is 6.04 Å². The molecule has 0 saturated carbocycles. The quantitative estimate of drug-likeness (QED) is 0.872. The second kappa shape index (κ2) is 6.39. The van der Waals surface area contributed by atoms with Gasteiger partial charge in [0.25, 0.3) is 0 Å². The van der Waals surface area contributed by atoms with Gasteiger partial charge < -0.3 is 10.4 Å². The van der Waals surface area contributed by atoms with Gasteiger partial charge in [0.2, 0.25) is 0 Å². The monoisotopic (exact) mass is 266 g/mol. The fourth-order valence-corrected chi connectivity index (χ4v) is 1.89. The molecular formula is C16H14N2O2. The van der Waals surface area contributed by atoms with Crippen LogP contribution < -0.4 is 5.32 Å². The SMILES string of the molecule is N#Cc1ccc(C[C@H](Nc2ccccc2)C(=O)O)cc1. The Morgan fingerprint density at radius 1 is 1.15 bits per heavy atom. The normalized spacial score (nSPS) is 11.3. The predicted octanol–water partition coefficient (Wildman–Crippen LogP) is 2.67. The average Bonchev–Trinajstić information content (AvgIpc) is 2.48. The summed E-state index contributed by atoms with van der Waals surface area (Å²) < 4.78 is 0. The maximum Gasteiger partial charge on any atom is 0.326 e. The zero-order valence-electron chi connectivity index (χ0n) is 10.8. The molecule has 0 saturated heterocycles. The highest BCUT2D eigenvalue weighted by molar-refractivity contribution is 5.77. The molecule has 100 valence electrons. The van der Waals surface area contributed by atoms with Crippen molar-refractivity contribution in [3.05, 3.63) is 65.7 Å². The summed E-state index contributed by atoms with van der Waals surface area (Å²) in [4.78, 5) is 11.3. The summed E-state index contributed by atoms with van der Waals surface area (Å²) in [5.74, 6) is -0.904. The molecule has 0 heterocycles. The number of carboxylic acid groups (broad SMARTS) is 1. The highest BCUT2D eigenvalue weighted by atomic mass is 16.4. The van der Waals surface area contributed by atoms with E-state index in [0.717, 1.165) is 11.3 Å². The van der Waals surface area contributed by atoms with E-state index in [0.29, 0.717) is 12.0 Å². The van der Waals surface area contributed by atoms with Crippen LogP contribution in [0.5, 0.6) is 0 Å². The first-order chi connectivity index (χ1) is 9.69. The van der Waals surface area contributed by atoms with E-state index in [1.54, 1.807) is 24.3 Å². The van der Waals surface area contributed by atoms with Crippen molar-refractivity contribution in [3.8, 4) is 6.07 Å². The number of rotatable bonds is 5. The zero-order valence-corrected chi connectivity index (χ0v) is 10.8. The lowest BCUT2D eigenvalue weighted by Gasteiger charge is -2.15. The molecule has 4 nitrogen and oxygen atoms in total. The van der Waals surface area contributed by atoms with E-state index in [1.807, 2.05) is 36.4 Å². The summed E-state index contributed by atoms with van der Waals surface area (Å²) >= 11 is 0. The van der Waals surface area contributed by atoms with Crippen molar-refractivity contribution >= 4 is 11.7 Å². The van der Waals surface area contributed by atoms with Crippen molar-refractivity contribution < 1.29 is 9.90 Å². The number of benzene rings is 2. The van der Waals surface area contributed by atoms with Crippen molar-refractivity contribution in [1.29, 1.82) is 5.26 Å². The fourth-order valence-electron chi connectivity index (χ4n) is 1.89. The maximum atomic E-state index is 11.3. The van der Waals surface area contributed by atoms with Crippen LogP contribution in [0.3, 0.4) is 0 Å². The third-order valence-corrected chi connectivity index (χ3v) is 2.94. The summed E-state index contributed by atoms with van der Waals surface area (Å²) in [5, 5.41) is 21.0. The van der Waals surface area contributed by atoms with Crippen LogP contribution in [-0.4, -0.2) is 17.1 Å². The Morgan fingerprint density at radius 3 is 2.35 bits per heavy atom. The van der Waals surface area contributed by atoms with Crippen molar-refractivity contribution in [2.24, 2.45) is 0 Å². The van der Waals surface area contributed by atoms with Crippen LogP contribution in [0, 0.1) is 11.3 Å². The van der Waals surface area contributed by atoms with Gasteiger partial charge in [-0.1, -0.05) is 30.3 Å². The van der Waals surface area contributed by atoms with Gasteiger partial charge >= 0.3 is 5.97 Å². The van der Waals surface area contributed by atoms with Crippen LogP contribution >= 0.6 is 0 Å². The van der Waals surface area contributed by atoms with Crippen molar-refractivity contribution in [2.75, 3.05) is 5.32 Å². The van der Waals surface area contributed by atoms with Gasteiger partial charge in [0.15, 0.2) is 0 Å². The molecule has 0 bridgehead atoms. The lowest BCUT2D eigenvalue weighted by Crippen LogP contribution is -2.31. The number of nitrogens with zero attached hydrogens (tertiary/aromatic N) is 1. The number of hydrogen-bond donors (Lipinski definition) is 2. The van der Waals surface area contributed by atoms with Crippen LogP contribution in [0.15, 0.2) is 54.6 Å². The number of carboxylic acids is 1. The molecule has 2 aromatic carbocycles. The highest BCUT2D eigenvalue weighted by Gasteiger charge is 2.17. The average molecular weight is 266 g/mol. The molecule has 2 rings (SSSR count). The summed E-state index contributed by atoms with van der Waals surface area (Å²) in [6, 6.07) is 17.5. The van der Waals surface area contributed by atoms with Crippen LogP contribution in [0.25, 0.3) is 0 Å². The molecule has 1 atom stereocenters. The van der Waals surface area contributed by atoms with Gasteiger partial charge in [0.05, 0.1) is 11.6 Å². The molecule has 0 aliphatic heterocycles. The summed E-state index contributed by atoms with van der Waals surface area (Å²) in [5.41, 5.74) is 2.21. The summed E-state index contributed by atoms with van der Waals surface area (Å²) in [6.45, 7) is 0. The van der Waals surface area contributed by atoms with E-state index < -0.39 is 12.0 Å². The lowest BCUT2D eigenvalue weighted by molar-refractivity contribution is -0.137. The third kappa shape index (κ3) is 3.59. The molecule has 0 aliphatic carbocycles. The molecule has 2 aromatic rings. The Balaban J connectivity index is 2.09. The van der Waals surface area contributed by atoms with E-state index in [2.05, 4.69) is 5.32 Å². The molecule has 0 aliphatic rings.